The predicted molar refractivity (Wildman–Crippen MR) is 206 cm³/mol. The zero-order valence-corrected chi connectivity index (χ0v) is 28.0. The fraction of sp³-hybridized carbons (Fsp3) is 0.0233. The van der Waals surface area contributed by atoms with Crippen molar-refractivity contribution < 1.29 is 14.6 Å². The van der Waals surface area contributed by atoms with E-state index < -0.39 is 12.6 Å². The molecule has 252 valence electrons. The summed E-state index contributed by atoms with van der Waals surface area (Å²) in [6, 6.07) is 24.7. The highest BCUT2D eigenvalue weighted by molar-refractivity contribution is 6.50. The quantitative estimate of drug-likeness (QED) is 0.216. The first-order valence-electron chi connectivity index (χ1n) is 16.8. The summed E-state index contributed by atoms with van der Waals surface area (Å²) in [5, 5.41) is 9.15. The van der Waals surface area contributed by atoms with Gasteiger partial charge in [0, 0.05) is 35.3 Å². The number of rotatable bonds is 7. The van der Waals surface area contributed by atoms with E-state index >= 15 is 0 Å². The number of carboxylic acids is 1. The fourth-order valence-corrected chi connectivity index (χ4v) is 6.51. The van der Waals surface area contributed by atoms with Crippen molar-refractivity contribution in [1.29, 1.82) is 0 Å². The Morgan fingerprint density at radius 2 is 1.15 bits per heavy atom. The summed E-state index contributed by atoms with van der Waals surface area (Å²) in [6.45, 7) is -0.441. The van der Waals surface area contributed by atoms with Gasteiger partial charge in [0.15, 0.2) is 6.61 Å². The zero-order chi connectivity index (χ0) is 35.7. The van der Waals surface area contributed by atoms with Gasteiger partial charge in [-0.25, -0.2) is 24.8 Å². The average molecular weight is 690 g/mol. The number of ether oxygens (including phenoxy) is 1. The van der Waals surface area contributed by atoms with Gasteiger partial charge in [0.2, 0.25) is 0 Å². The Hall–Kier alpha value is -7.46. The summed E-state index contributed by atoms with van der Waals surface area (Å²) in [7, 11) is 0. The molecular weight excluding hydrogens is 663 g/mol. The van der Waals surface area contributed by atoms with Crippen molar-refractivity contribution in [3.05, 3.63) is 191 Å². The number of nitrogens with zero attached hydrogens (tertiary/aromatic N) is 7. The lowest BCUT2D eigenvalue weighted by Crippen LogP contribution is -2.10. The van der Waals surface area contributed by atoms with E-state index in [4.69, 9.17) is 44.8 Å². The maximum absolute atomic E-state index is 11.2. The van der Waals surface area contributed by atoms with Crippen molar-refractivity contribution in [2.45, 2.75) is 0 Å². The molecule has 10 nitrogen and oxygen atoms in total. The summed E-state index contributed by atoms with van der Waals surface area (Å²) >= 11 is 0. The van der Waals surface area contributed by atoms with E-state index in [-0.39, 0.29) is 0 Å². The Morgan fingerprint density at radius 3 is 1.75 bits per heavy atom. The minimum Gasteiger partial charge on any atom is -0.482 e. The fourth-order valence-electron chi connectivity index (χ4n) is 6.51. The van der Waals surface area contributed by atoms with E-state index in [9.17, 15) is 4.79 Å². The molecule has 5 aliphatic rings. The van der Waals surface area contributed by atoms with Gasteiger partial charge in [-0.1, -0.05) is 30.3 Å². The van der Waals surface area contributed by atoms with Gasteiger partial charge in [-0.15, -0.1) is 0 Å². The van der Waals surface area contributed by atoms with Crippen LogP contribution in [0.15, 0.2) is 189 Å². The normalized spacial score (nSPS) is 17.1. The van der Waals surface area contributed by atoms with E-state index in [2.05, 4.69) is 0 Å². The molecule has 0 saturated heterocycles. The van der Waals surface area contributed by atoms with Crippen LogP contribution in [-0.2, 0) is 4.79 Å². The SMILES string of the molecule is O=C(O)COc1ccc(C2=CC3=CC4=NC(=CC5=NC(=CC6=NC(=C(c7ccccn7)C2=N3)C(c2ccccn2)=C6c2ccccn2)C=C5)C=C4)cc1. The number of allylic oxidation sites excluding steroid dienone is 12. The van der Waals surface area contributed by atoms with Gasteiger partial charge >= 0.3 is 5.97 Å². The molecule has 0 atom stereocenters. The van der Waals surface area contributed by atoms with Gasteiger partial charge in [0.1, 0.15) is 5.75 Å². The van der Waals surface area contributed by atoms with Gasteiger partial charge in [0.25, 0.3) is 0 Å². The van der Waals surface area contributed by atoms with Crippen LogP contribution in [0.25, 0.3) is 22.3 Å². The molecule has 1 aromatic carbocycles. The molecule has 0 radical (unpaired) electrons. The van der Waals surface area contributed by atoms with Gasteiger partial charge in [-0.3, -0.25) is 15.0 Å². The molecule has 0 fully saturated rings. The number of aromatic nitrogens is 3. The van der Waals surface area contributed by atoms with Crippen LogP contribution in [0.4, 0.5) is 0 Å². The molecule has 3 aromatic heterocycles. The molecule has 0 spiro atoms. The minimum absolute atomic E-state index is 0.438. The third-order valence-corrected chi connectivity index (χ3v) is 8.77. The molecular formula is C43H27N7O3. The third kappa shape index (κ3) is 6.25. The number of benzene rings is 1. The van der Waals surface area contributed by atoms with Gasteiger partial charge in [-0.2, -0.15) is 0 Å². The molecule has 9 rings (SSSR count). The second-order valence-corrected chi connectivity index (χ2v) is 12.3. The van der Waals surface area contributed by atoms with Crippen LogP contribution < -0.4 is 4.74 Å². The highest BCUT2D eigenvalue weighted by Crippen LogP contribution is 2.45. The first-order valence-corrected chi connectivity index (χ1v) is 16.8. The molecule has 0 amide bonds. The van der Waals surface area contributed by atoms with Crippen molar-refractivity contribution in [2.75, 3.05) is 6.61 Å². The summed E-state index contributed by atoms with van der Waals surface area (Å²) in [5.41, 5.74) is 11.6. The maximum atomic E-state index is 11.2. The van der Waals surface area contributed by atoms with E-state index in [1.54, 1.807) is 30.7 Å². The topological polar surface area (TPSA) is 135 Å². The Balaban J connectivity index is 1.36. The Kier molecular flexibility index (Phi) is 7.94. The van der Waals surface area contributed by atoms with E-state index in [1.807, 2.05) is 115 Å². The van der Waals surface area contributed by atoms with Crippen molar-refractivity contribution in [2.24, 2.45) is 20.0 Å². The van der Waals surface area contributed by atoms with Crippen LogP contribution in [0.5, 0.6) is 5.75 Å². The molecule has 0 aliphatic carbocycles. The standard InChI is InChI=1S/C43H27N7O3/c51-38(52)25-53-32-16-10-26(11-17-32)33-23-31-22-29-13-12-27(47-29)21-28-14-15-30(48-28)24-37-39(34-7-1-4-18-44-34)40(35-8-2-5-19-45-35)43(50-37)41(42(33)49-31)36-9-3-6-20-46-36/h1-24H,25H2,(H,51,52). The number of carboxylic acid groups (broad SMARTS) is 1. The minimum atomic E-state index is -1.05. The Labute approximate surface area is 303 Å². The lowest BCUT2D eigenvalue weighted by Gasteiger charge is -2.16. The molecule has 0 unspecified atom stereocenters. The van der Waals surface area contributed by atoms with E-state index in [0.717, 1.165) is 50.8 Å². The highest BCUT2D eigenvalue weighted by atomic mass is 16.5. The van der Waals surface area contributed by atoms with Gasteiger partial charge in [0.05, 0.1) is 68.3 Å². The Bertz CT molecular complexity index is 2580. The summed E-state index contributed by atoms with van der Waals surface area (Å²) in [5.74, 6) is -0.613. The van der Waals surface area contributed by atoms with Crippen LogP contribution in [0.3, 0.4) is 0 Å². The van der Waals surface area contributed by atoms with Crippen LogP contribution in [-0.4, -0.2) is 55.5 Å². The first kappa shape index (κ1) is 31.5. The smallest absolute Gasteiger partial charge is 0.341 e. The number of carbonyl (C=O) groups is 1. The molecule has 0 saturated carbocycles. The number of hydrogen-bond acceptors (Lipinski definition) is 9. The molecule has 8 bridgehead atoms. The second kappa shape index (κ2) is 13.3. The maximum Gasteiger partial charge on any atom is 0.341 e. The number of aliphatic carboxylic acids is 1. The zero-order valence-electron chi connectivity index (χ0n) is 28.0. The van der Waals surface area contributed by atoms with Crippen LogP contribution >= 0.6 is 0 Å². The van der Waals surface area contributed by atoms with Crippen LogP contribution in [0.2, 0.25) is 0 Å². The van der Waals surface area contributed by atoms with Crippen molar-refractivity contribution in [1.82, 2.24) is 15.0 Å². The highest BCUT2D eigenvalue weighted by Gasteiger charge is 2.34. The van der Waals surface area contributed by atoms with Crippen molar-refractivity contribution in [3.63, 3.8) is 0 Å². The second-order valence-electron chi connectivity index (χ2n) is 12.3. The lowest BCUT2D eigenvalue weighted by molar-refractivity contribution is -0.139. The number of aliphatic imine (C=N–C) groups is 4. The molecule has 1 N–H and O–H groups in total. The van der Waals surface area contributed by atoms with Crippen LogP contribution in [0, 0.1) is 0 Å². The largest absolute Gasteiger partial charge is 0.482 e. The Morgan fingerprint density at radius 1 is 0.566 bits per heavy atom. The van der Waals surface area contributed by atoms with E-state index in [1.165, 1.54) is 0 Å². The first-order chi connectivity index (χ1) is 26.1. The average Bonchev–Trinajstić information content (AvgIpc) is 4.00. The van der Waals surface area contributed by atoms with Gasteiger partial charge < -0.3 is 9.84 Å². The third-order valence-electron chi connectivity index (χ3n) is 8.77. The van der Waals surface area contributed by atoms with Crippen molar-refractivity contribution in [3.8, 4) is 5.75 Å². The molecule has 8 heterocycles. The lowest BCUT2D eigenvalue weighted by atomic mass is 9.89. The number of hydrogen-bond donors (Lipinski definition) is 1. The van der Waals surface area contributed by atoms with Crippen LogP contribution in [0.1, 0.15) is 22.6 Å². The summed E-state index contributed by atoms with van der Waals surface area (Å²) < 4.78 is 5.45. The molecule has 10 heteroatoms. The molecule has 4 aromatic rings. The van der Waals surface area contributed by atoms with Gasteiger partial charge in [-0.05, 0) is 103 Å². The van der Waals surface area contributed by atoms with Crippen molar-refractivity contribution >= 4 is 51.1 Å². The predicted octanol–water partition coefficient (Wildman–Crippen LogP) is 7.34. The molecule has 5 aliphatic heterocycles. The molecule has 53 heavy (non-hydrogen) atoms. The summed E-state index contributed by atoms with van der Waals surface area (Å²) in [4.78, 5) is 46.1. The monoisotopic (exact) mass is 689 g/mol. The van der Waals surface area contributed by atoms with E-state index in [0.29, 0.717) is 45.5 Å². The number of pyridine rings is 3. The number of fused-ring (bicyclic) bond motifs is 4. The summed E-state index contributed by atoms with van der Waals surface area (Å²) in [6.07, 6.45) is 21.0.